The van der Waals surface area contributed by atoms with Crippen molar-refractivity contribution in [2.45, 2.75) is 64.7 Å². The molecule has 1 fully saturated rings. The SMILES string of the molecule is CCC1(C)C(NC)CC1Oc1cccc2c1OC(C)(C)C2. The Hall–Kier alpha value is -1.22. The molecule has 3 atom stereocenters. The average molecular weight is 289 g/mol. The Bertz CT molecular complexity index is 540. The van der Waals surface area contributed by atoms with E-state index in [0.29, 0.717) is 6.04 Å². The highest BCUT2D eigenvalue weighted by molar-refractivity contribution is 5.50. The molecular formula is C18H27NO2. The van der Waals surface area contributed by atoms with Gasteiger partial charge >= 0.3 is 0 Å². The van der Waals surface area contributed by atoms with Crippen molar-refractivity contribution in [3.63, 3.8) is 0 Å². The van der Waals surface area contributed by atoms with Crippen LogP contribution >= 0.6 is 0 Å². The summed E-state index contributed by atoms with van der Waals surface area (Å²) in [5, 5.41) is 3.41. The van der Waals surface area contributed by atoms with Gasteiger partial charge in [-0.15, -0.1) is 0 Å². The van der Waals surface area contributed by atoms with Gasteiger partial charge < -0.3 is 14.8 Å². The number of hydrogen-bond donors (Lipinski definition) is 1. The third-order valence-electron chi connectivity index (χ3n) is 5.42. The molecule has 0 aromatic heterocycles. The highest BCUT2D eigenvalue weighted by Crippen LogP contribution is 2.49. The molecule has 116 valence electrons. The first kappa shape index (κ1) is 14.7. The molecule has 0 amide bonds. The van der Waals surface area contributed by atoms with Crippen LogP contribution in [-0.2, 0) is 6.42 Å². The van der Waals surface area contributed by atoms with E-state index in [1.807, 2.05) is 13.1 Å². The van der Waals surface area contributed by atoms with Gasteiger partial charge in [-0.25, -0.2) is 0 Å². The van der Waals surface area contributed by atoms with Crippen molar-refractivity contribution >= 4 is 0 Å². The van der Waals surface area contributed by atoms with Gasteiger partial charge in [0.1, 0.15) is 11.7 Å². The third kappa shape index (κ3) is 2.32. The van der Waals surface area contributed by atoms with Gasteiger partial charge in [0.05, 0.1) is 0 Å². The van der Waals surface area contributed by atoms with E-state index in [1.54, 1.807) is 0 Å². The molecule has 21 heavy (non-hydrogen) atoms. The number of hydrogen-bond acceptors (Lipinski definition) is 3. The van der Waals surface area contributed by atoms with Crippen molar-refractivity contribution < 1.29 is 9.47 Å². The number of para-hydroxylation sites is 1. The van der Waals surface area contributed by atoms with Gasteiger partial charge in [-0.2, -0.15) is 0 Å². The number of nitrogens with one attached hydrogen (secondary N) is 1. The zero-order chi connectivity index (χ0) is 15.3. The van der Waals surface area contributed by atoms with Crippen LogP contribution in [0.25, 0.3) is 0 Å². The molecule has 1 aliphatic heterocycles. The van der Waals surface area contributed by atoms with Gasteiger partial charge in [-0.3, -0.25) is 0 Å². The van der Waals surface area contributed by atoms with Crippen molar-refractivity contribution in [3.8, 4) is 11.5 Å². The maximum Gasteiger partial charge on any atom is 0.165 e. The molecule has 2 aliphatic rings. The molecular weight excluding hydrogens is 262 g/mol. The minimum atomic E-state index is -0.122. The van der Waals surface area contributed by atoms with E-state index in [-0.39, 0.29) is 17.1 Å². The third-order valence-corrected chi connectivity index (χ3v) is 5.42. The van der Waals surface area contributed by atoms with Gasteiger partial charge in [-0.05, 0) is 33.4 Å². The fourth-order valence-electron chi connectivity index (χ4n) is 3.75. The maximum atomic E-state index is 6.36. The summed E-state index contributed by atoms with van der Waals surface area (Å²) in [6.07, 6.45) is 3.39. The molecule has 0 spiro atoms. The van der Waals surface area contributed by atoms with Gasteiger partial charge in [0.25, 0.3) is 0 Å². The Balaban J connectivity index is 1.81. The second kappa shape index (κ2) is 4.91. The highest BCUT2D eigenvalue weighted by Gasteiger charge is 2.51. The van der Waals surface area contributed by atoms with E-state index in [0.717, 1.165) is 30.8 Å². The van der Waals surface area contributed by atoms with Gasteiger partial charge in [-0.1, -0.05) is 26.0 Å². The van der Waals surface area contributed by atoms with Crippen LogP contribution in [0.5, 0.6) is 11.5 Å². The zero-order valence-corrected chi connectivity index (χ0v) is 13.8. The van der Waals surface area contributed by atoms with Crippen molar-refractivity contribution in [2.24, 2.45) is 5.41 Å². The molecule has 1 N–H and O–H groups in total. The number of fused-ring (bicyclic) bond motifs is 1. The van der Waals surface area contributed by atoms with E-state index in [9.17, 15) is 0 Å². The topological polar surface area (TPSA) is 30.5 Å². The van der Waals surface area contributed by atoms with E-state index < -0.39 is 0 Å². The Kier molecular flexibility index (Phi) is 3.44. The average Bonchev–Trinajstić information content (AvgIpc) is 2.76. The van der Waals surface area contributed by atoms with Crippen LogP contribution in [0.1, 0.15) is 46.1 Å². The minimum Gasteiger partial charge on any atom is -0.486 e. The Morgan fingerprint density at radius 1 is 1.33 bits per heavy atom. The molecule has 3 nitrogen and oxygen atoms in total. The van der Waals surface area contributed by atoms with Crippen molar-refractivity contribution in [1.29, 1.82) is 0 Å². The van der Waals surface area contributed by atoms with E-state index in [1.165, 1.54) is 5.56 Å². The molecule has 3 rings (SSSR count). The number of ether oxygens (including phenoxy) is 2. The standard InChI is InChI=1S/C18H27NO2/c1-6-18(4)14(19-5)10-15(18)20-13-9-7-8-12-11-17(2,3)21-16(12)13/h7-9,14-15,19H,6,10-11H2,1-5H3. The Morgan fingerprint density at radius 2 is 2.10 bits per heavy atom. The van der Waals surface area contributed by atoms with E-state index in [4.69, 9.17) is 9.47 Å². The first-order valence-electron chi connectivity index (χ1n) is 8.04. The highest BCUT2D eigenvalue weighted by atomic mass is 16.5. The van der Waals surface area contributed by atoms with Crippen LogP contribution in [0, 0.1) is 5.41 Å². The second-order valence-corrected chi connectivity index (χ2v) is 7.33. The summed E-state index contributed by atoms with van der Waals surface area (Å²) in [4.78, 5) is 0. The molecule has 0 saturated heterocycles. The molecule has 1 aromatic carbocycles. The summed E-state index contributed by atoms with van der Waals surface area (Å²) in [6.45, 7) is 8.83. The zero-order valence-electron chi connectivity index (χ0n) is 13.8. The number of rotatable bonds is 4. The number of benzene rings is 1. The minimum absolute atomic E-state index is 0.122. The first-order valence-corrected chi connectivity index (χ1v) is 8.04. The monoisotopic (exact) mass is 289 g/mol. The molecule has 1 saturated carbocycles. The normalized spacial score (nSPS) is 33.0. The van der Waals surface area contributed by atoms with Crippen LogP contribution in [0.15, 0.2) is 18.2 Å². The lowest BCUT2D eigenvalue weighted by molar-refractivity contribution is -0.0692. The first-order chi connectivity index (χ1) is 9.89. The van der Waals surface area contributed by atoms with Gasteiger partial charge in [0.2, 0.25) is 0 Å². The van der Waals surface area contributed by atoms with E-state index >= 15 is 0 Å². The van der Waals surface area contributed by atoms with Crippen molar-refractivity contribution in [3.05, 3.63) is 23.8 Å². The lowest BCUT2D eigenvalue weighted by Crippen LogP contribution is -2.62. The summed E-state index contributed by atoms with van der Waals surface area (Å²) in [7, 11) is 2.04. The summed E-state index contributed by atoms with van der Waals surface area (Å²) in [5.74, 6) is 1.87. The molecule has 3 heteroatoms. The van der Waals surface area contributed by atoms with E-state index in [2.05, 4.69) is 45.1 Å². The smallest absolute Gasteiger partial charge is 0.165 e. The lowest BCUT2D eigenvalue weighted by atomic mass is 9.61. The van der Waals surface area contributed by atoms with Crippen molar-refractivity contribution in [2.75, 3.05) is 7.05 Å². The predicted molar refractivity (Wildman–Crippen MR) is 85.1 cm³/mol. The second-order valence-electron chi connectivity index (χ2n) is 7.33. The molecule has 0 radical (unpaired) electrons. The lowest BCUT2D eigenvalue weighted by Gasteiger charge is -2.53. The fourth-order valence-corrected chi connectivity index (χ4v) is 3.75. The quantitative estimate of drug-likeness (QED) is 0.919. The summed E-state index contributed by atoms with van der Waals surface area (Å²) < 4.78 is 12.5. The van der Waals surface area contributed by atoms with Gasteiger partial charge in [0, 0.05) is 29.9 Å². The Labute approximate surface area is 128 Å². The summed E-state index contributed by atoms with van der Waals surface area (Å²) >= 11 is 0. The van der Waals surface area contributed by atoms with Gasteiger partial charge in [0.15, 0.2) is 11.5 Å². The maximum absolute atomic E-state index is 6.36. The van der Waals surface area contributed by atoms with Crippen LogP contribution in [-0.4, -0.2) is 24.8 Å². The largest absolute Gasteiger partial charge is 0.486 e. The molecule has 1 aliphatic carbocycles. The van der Waals surface area contributed by atoms with Crippen molar-refractivity contribution in [1.82, 2.24) is 5.32 Å². The predicted octanol–water partition coefficient (Wildman–Crippen LogP) is 3.56. The molecule has 1 heterocycles. The van der Waals surface area contributed by atoms with Crippen LogP contribution in [0.2, 0.25) is 0 Å². The van der Waals surface area contributed by atoms with Crippen LogP contribution in [0.4, 0.5) is 0 Å². The Morgan fingerprint density at radius 3 is 2.76 bits per heavy atom. The fraction of sp³-hybridized carbons (Fsp3) is 0.667. The summed E-state index contributed by atoms with van der Waals surface area (Å²) in [5.41, 5.74) is 1.34. The summed E-state index contributed by atoms with van der Waals surface area (Å²) in [6, 6.07) is 6.81. The molecule has 0 bridgehead atoms. The van der Waals surface area contributed by atoms with Crippen LogP contribution < -0.4 is 14.8 Å². The molecule has 1 aromatic rings. The van der Waals surface area contributed by atoms with Crippen LogP contribution in [0.3, 0.4) is 0 Å². The molecule has 3 unspecified atom stereocenters.